The molecular weight excluding hydrogens is 238 g/mol. The smallest absolute Gasteiger partial charge is 0.325 e. The van der Waals surface area contributed by atoms with Gasteiger partial charge in [0.25, 0.3) is 0 Å². The molecule has 0 bridgehead atoms. The van der Waals surface area contributed by atoms with Crippen LogP contribution in [0.5, 0.6) is 0 Å². The molecule has 0 unspecified atom stereocenters. The van der Waals surface area contributed by atoms with E-state index in [1.807, 2.05) is 13.8 Å². The van der Waals surface area contributed by atoms with E-state index in [2.05, 4.69) is 9.47 Å². The lowest BCUT2D eigenvalue weighted by molar-refractivity contribution is -0.152. The predicted octanol–water partition coefficient (Wildman–Crippen LogP) is 0.597. The number of amides is 1. The van der Waals surface area contributed by atoms with Crippen LogP contribution in [-0.2, 0) is 23.9 Å². The number of hydrogen-bond acceptors (Lipinski definition) is 5. The van der Waals surface area contributed by atoms with Crippen molar-refractivity contribution in [2.45, 2.75) is 26.7 Å². The van der Waals surface area contributed by atoms with Gasteiger partial charge in [-0.15, -0.1) is 0 Å². The summed E-state index contributed by atoms with van der Waals surface area (Å²) in [5.74, 6) is -0.986. The fraction of sp³-hybridized carbons (Fsp3) is 0.750. The molecule has 0 aliphatic carbocycles. The maximum atomic E-state index is 11.9. The third-order valence-corrected chi connectivity index (χ3v) is 2.38. The van der Waals surface area contributed by atoms with Crippen LogP contribution < -0.4 is 0 Å². The minimum Gasteiger partial charge on any atom is -0.468 e. The Morgan fingerprint density at radius 1 is 1.00 bits per heavy atom. The lowest BCUT2D eigenvalue weighted by Gasteiger charge is -2.20. The maximum Gasteiger partial charge on any atom is 0.325 e. The number of esters is 2. The van der Waals surface area contributed by atoms with E-state index in [0.717, 1.165) is 4.90 Å². The zero-order valence-corrected chi connectivity index (χ0v) is 11.4. The molecule has 0 rings (SSSR count). The SMILES string of the molecule is COC(=O)CN(CC(=O)OC)C(=O)CCC(C)C. The molecule has 0 saturated carbocycles. The summed E-state index contributed by atoms with van der Waals surface area (Å²) in [6.07, 6.45) is 1.00. The van der Waals surface area contributed by atoms with Gasteiger partial charge in [-0.25, -0.2) is 0 Å². The molecular formula is C12H21NO5. The Hall–Kier alpha value is -1.59. The average molecular weight is 259 g/mol. The molecule has 6 heteroatoms. The van der Waals surface area contributed by atoms with Crippen molar-refractivity contribution in [3.63, 3.8) is 0 Å². The molecule has 0 spiro atoms. The minimum atomic E-state index is -0.559. The Kier molecular flexibility index (Phi) is 7.74. The van der Waals surface area contributed by atoms with Crippen LogP contribution in [0.15, 0.2) is 0 Å². The molecule has 0 aromatic heterocycles. The summed E-state index contributed by atoms with van der Waals surface area (Å²) in [4.78, 5) is 35.3. The van der Waals surface area contributed by atoms with Crippen LogP contribution in [0.3, 0.4) is 0 Å². The Bertz CT molecular complexity index is 283. The van der Waals surface area contributed by atoms with Gasteiger partial charge in [0.15, 0.2) is 0 Å². The number of methoxy groups -OCH3 is 2. The fourth-order valence-electron chi connectivity index (χ4n) is 1.24. The quantitative estimate of drug-likeness (QED) is 0.626. The van der Waals surface area contributed by atoms with Crippen LogP contribution in [0.4, 0.5) is 0 Å². The Morgan fingerprint density at radius 2 is 1.44 bits per heavy atom. The van der Waals surface area contributed by atoms with Crippen LogP contribution in [0.25, 0.3) is 0 Å². The highest BCUT2D eigenvalue weighted by Gasteiger charge is 2.20. The first kappa shape index (κ1) is 16.4. The highest BCUT2D eigenvalue weighted by Crippen LogP contribution is 2.06. The Labute approximate surface area is 107 Å². The molecule has 0 heterocycles. The van der Waals surface area contributed by atoms with Gasteiger partial charge in [-0.1, -0.05) is 13.8 Å². The summed E-state index contributed by atoms with van der Waals surface area (Å²) < 4.78 is 8.97. The topological polar surface area (TPSA) is 72.9 Å². The van der Waals surface area contributed by atoms with E-state index < -0.39 is 11.9 Å². The molecule has 18 heavy (non-hydrogen) atoms. The highest BCUT2D eigenvalue weighted by molar-refractivity contribution is 5.85. The van der Waals surface area contributed by atoms with E-state index in [4.69, 9.17) is 0 Å². The van der Waals surface area contributed by atoms with Crippen LogP contribution in [0.1, 0.15) is 26.7 Å². The molecule has 0 aromatic rings. The second-order valence-electron chi connectivity index (χ2n) is 4.33. The van der Waals surface area contributed by atoms with Gasteiger partial charge in [-0.2, -0.15) is 0 Å². The maximum absolute atomic E-state index is 11.9. The van der Waals surface area contributed by atoms with Gasteiger partial charge in [-0.05, 0) is 12.3 Å². The van der Waals surface area contributed by atoms with Crippen molar-refractivity contribution in [3.8, 4) is 0 Å². The second-order valence-corrected chi connectivity index (χ2v) is 4.33. The molecule has 6 nitrogen and oxygen atoms in total. The zero-order valence-electron chi connectivity index (χ0n) is 11.4. The number of rotatable bonds is 7. The second kappa shape index (κ2) is 8.49. The molecule has 1 amide bonds. The normalized spacial score (nSPS) is 10.1. The number of hydrogen-bond donors (Lipinski definition) is 0. The predicted molar refractivity (Wildman–Crippen MR) is 64.7 cm³/mol. The molecule has 0 atom stereocenters. The minimum absolute atomic E-state index is 0.234. The van der Waals surface area contributed by atoms with Gasteiger partial charge < -0.3 is 14.4 Å². The van der Waals surface area contributed by atoms with Crippen molar-refractivity contribution in [2.75, 3.05) is 27.3 Å². The third-order valence-electron chi connectivity index (χ3n) is 2.38. The summed E-state index contributed by atoms with van der Waals surface area (Å²) in [7, 11) is 2.47. The van der Waals surface area contributed by atoms with Crippen molar-refractivity contribution in [1.82, 2.24) is 4.90 Å². The number of carbonyl (C=O) groups is 3. The molecule has 0 aliphatic heterocycles. The number of carbonyl (C=O) groups excluding carboxylic acids is 3. The van der Waals surface area contributed by atoms with E-state index >= 15 is 0 Å². The van der Waals surface area contributed by atoms with E-state index in [9.17, 15) is 14.4 Å². The van der Waals surface area contributed by atoms with Crippen molar-refractivity contribution < 1.29 is 23.9 Å². The van der Waals surface area contributed by atoms with Gasteiger partial charge in [0.1, 0.15) is 13.1 Å². The fourth-order valence-corrected chi connectivity index (χ4v) is 1.24. The van der Waals surface area contributed by atoms with Crippen molar-refractivity contribution in [2.24, 2.45) is 5.92 Å². The summed E-state index contributed by atoms with van der Waals surface area (Å²) in [6.45, 7) is 3.53. The lowest BCUT2D eigenvalue weighted by Crippen LogP contribution is -2.40. The first-order valence-electron chi connectivity index (χ1n) is 5.82. The largest absolute Gasteiger partial charge is 0.468 e. The van der Waals surface area contributed by atoms with E-state index in [1.54, 1.807) is 0 Å². The molecule has 0 aliphatic rings. The Balaban J connectivity index is 4.48. The van der Waals surface area contributed by atoms with Gasteiger partial charge in [0, 0.05) is 6.42 Å². The molecule has 0 radical (unpaired) electrons. The van der Waals surface area contributed by atoms with E-state index in [0.29, 0.717) is 18.8 Å². The average Bonchev–Trinajstić information content (AvgIpc) is 2.34. The zero-order chi connectivity index (χ0) is 14.1. The van der Waals surface area contributed by atoms with Gasteiger partial charge in [0.2, 0.25) is 5.91 Å². The van der Waals surface area contributed by atoms with Crippen LogP contribution in [-0.4, -0.2) is 50.1 Å². The standard InChI is InChI=1S/C12H21NO5/c1-9(2)5-6-10(14)13(7-11(15)17-3)8-12(16)18-4/h9H,5-8H2,1-4H3. The summed E-state index contributed by atoms with van der Waals surface area (Å²) >= 11 is 0. The highest BCUT2D eigenvalue weighted by atomic mass is 16.5. The first-order valence-corrected chi connectivity index (χ1v) is 5.82. The first-order chi connectivity index (χ1) is 8.40. The number of nitrogens with zero attached hydrogens (tertiary/aromatic N) is 1. The molecule has 0 aromatic carbocycles. The third kappa shape index (κ3) is 6.88. The van der Waals surface area contributed by atoms with Crippen molar-refractivity contribution in [1.29, 1.82) is 0 Å². The number of ether oxygens (including phenoxy) is 2. The molecule has 104 valence electrons. The van der Waals surface area contributed by atoms with Crippen molar-refractivity contribution in [3.05, 3.63) is 0 Å². The summed E-state index contributed by atoms with van der Waals surface area (Å²) in [5.41, 5.74) is 0. The molecule has 0 saturated heterocycles. The lowest BCUT2D eigenvalue weighted by atomic mass is 10.1. The van der Waals surface area contributed by atoms with Crippen LogP contribution in [0.2, 0.25) is 0 Å². The van der Waals surface area contributed by atoms with Crippen molar-refractivity contribution >= 4 is 17.8 Å². The van der Waals surface area contributed by atoms with Gasteiger partial charge >= 0.3 is 11.9 Å². The van der Waals surface area contributed by atoms with Gasteiger partial charge in [-0.3, -0.25) is 14.4 Å². The summed E-state index contributed by atoms with van der Waals surface area (Å²) in [5, 5.41) is 0. The monoisotopic (exact) mass is 259 g/mol. The Morgan fingerprint density at radius 3 is 1.78 bits per heavy atom. The van der Waals surface area contributed by atoms with Crippen LogP contribution in [0, 0.1) is 5.92 Å². The van der Waals surface area contributed by atoms with Crippen LogP contribution >= 0.6 is 0 Å². The van der Waals surface area contributed by atoms with E-state index in [-0.39, 0.29) is 19.0 Å². The molecule has 0 fully saturated rings. The summed E-state index contributed by atoms with van der Waals surface area (Å²) in [6, 6.07) is 0. The van der Waals surface area contributed by atoms with E-state index in [1.165, 1.54) is 14.2 Å². The van der Waals surface area contributed by atoms with Gasteiger partial charge in [0.05, 0.1) is 14.2 Å². The molecule has 0 N–H and O–H groups in total.